The van der Waals surface area contributed by atoms with E-state index in [1.54, 1.807) is 6.07 Å². The Labute approximate surface area is 134 Å². The SMILES string of the molecule is Cc1ccc(OCC(=O)O[C@@H](C)C(=O)N2CCNC2=O)c(C)c1. The summed E-state index contributed by atoms with van der Waals surface area (Å²) in [6, 6.07) is 5.13. The van der Waals surface area contributed by atoms with Gasteiger partial charge < -0.3 is 14.8 Å². The summed E-state index contributed by atoms with van der Waals surface area (Å²) >= 11 is 0. The molecule has 1 atom stereocenters. The van der Waals surface area contributed by atoms with Crippen LogP contribution in [0, 0.1) is 13.8 Å². The molecule has 7 heteroatoms. The van der Waals surface area contributed by atoms with Gasteiger partial charge in [0.15, 0.2) is 12.7 Å². The van der Waals surface area contributed by atoms with Gasteiger partial charge in [-0.25, -0.2) is 9.59 Å². The molecule has 3 amide bonds. The molecule has 23 heavy (non-hydrogen) atoms. The zero-order chi connectivity index (χ0) is 17.0. The Balaban J connectivity index is 1.84. The Kier molecular flexibility index (Phi) is 5.20. The van der Waals surface area contributed by atoms with Crippen LogP contribution in [-0.2, 0) is 14.3 Å². The normalized spacial score (nSPS) is 15.1. The van der Waals surface area contributed by atoms with Crippen LogP contribution in [-0.4, -0.2) is 48.6 Å². The van der Waals surface area contributed by atoms with Crippen LogP contribution in [0.4, 0.5) is 4.79 Å². The fourth-order valence-electron chi connectivity index (χ4n) is 2.28. The Morgan fingerprint density at radius 1 is 1.35 bits per heavy atom. The fourth-order valence-corrected chi connectivity index (χ4v) is 2.28. The first-order valence-corrected chi connectivity index (χ1v) is 7.37. The zero-order valence-corrected chi connectivity index (χ0v) is 13.4. The van der Waals surface area contributed by atoms with Gasteiger partial charge in [0.25, 0.3) is 5.91 Å². The van der Waals surface area contributed by atoms with Crippen LogP contribution in [0.5, 0.6) is 5.75 Å². The van der Waals surface area contributed by atoms with Gasteiger partial charge >= 0.3 is 12.0 Å². The number of aryl methyl sites for hydroxylation is 2. The summed E-state index contributed by atoms with van der Waals surface area (Å²) in [5.41, 5.74) is 2.01. The molecule has 7 nitrogen and oxygen atoms in total. The molecular formula is C16H20N2O5. The van der Waals surface area contributed by atoms with Crippen molar-refractivity contribution in [3.05, 3.63) is 29.3 Å². The summed E-state index contributed by atoms with van der Waals surface area (Å²) in [5.74, 6) is -0.615. The third-order valence-corrected chi connectivity index (χ3v) is 3.45. The lowest BCUT2D eigenvalue weighted by atomic mass is 10.1. The first kappa shape index (κ1) is 16.8. The van der Waals surface area contributed by atoms with Gasteiger partial charge in [-0.3, -0.25) is 9.69 Å². The Bertz CT molecular complexity index is 629. The smallest absolute Gasteiger partial charge is 0.344 e. The lowest BCUT2D eigenvalue weighted by Gasteiger charge is -2.18. The van der Waals surface area contributed by atoms with E-state index in [0.717, 1.165) is 16.0 Å². The summed E-state index contributed by atoms with van der Waals surface area (Å²) < 4.78 is 10.4. The van der Waals surface area contributed by atoms with E-state index in [1.807, 2.05) is 26.0 Å². The lowest BCUT2D eigenvalue weighted by Crippen LogP contribution is -2.42. The second kappa shape index (κ2) is 7.13. The highest BCUT2D eigenvalue weighted by Crippen LogP contribution is 2.18. The average molecular weight is 320 g/mol. The zero-order valence-electron chi connectivity index (χ0n) is 13.4. The molecule has 1 N–H and O–H groups in total. The number of nitrogens with one attached hydrogen (secondary N) is 1. The highest BCUT2D eigenvalue weighted by molar-refractivity contribution is 5.98. The first-order valence-electron chi connectivity index (χ1n) is 7.37. The van der Waals surface area contributed by atoms with Crippen LogP contribution in [0.15, 0.2) is 18.2 Å². The molecule has 0 unspecified atom stereocenters. The minimum atomic E-state index is -1.03. The molecule has 1 heterocycles. The topological polar surface area (TPSA) is 84.9 Å². The molecule has 1 aromatic rings. The summed E-state index contributed by atoms with van der Waals surface area (Å²) in [5, 5.41) is 2.52. The van der Waals surface area contributed by atoms with E-state index in [1.165, 1.54) is 6.92 Å². The van der Waals surface area contributed by atoms with Gasteiger partial charge in [0.1, 0.15) is 5.75 Å². The van der Waals surface area contributed by atoms with Crippen LogP contribution in [0.1, 0.15) is 18.1 Å². The number of esters is 1. The lowest BCUT2D eigenvalue weighted by molar-refractivity contribution is -0.159. The van der Waals surface area contributed by atoms with Crippen molar-refractivity contribution in [1.29, 1.82) is 0 Å². The number of hydrogen-bond donors (Lipinski definition) is 1. The summed E-state index contributed by atoms with van der Waals surface area (Å²) in [4.78, 5) is 36.2. The molecule has 1 aliphatic heterocycles. The van der Waals surface area contributed by atoms with Crippen LogP contribution in [0.3, 0.4) is 0 Å². The molecular weight excluding hydrogens is 300 g/mol. The summed E-state index contributed by atoms with van der Waals surface area (Å²) in [7, 11) is 0. The highest BCUT2D eigenvalue weighted by Gasteiger charge is 2.31. The minimum absolute atomic E-state index is 0.276. The molecule has 0 aliphatic carbocycles. The number of amides is 3. The van der Waals surface area contributed by atoms with Gasteiger partial charge in [-0.05, 0) is 32.4 Å². The van der Waals surface area contributed by atoms with E-state index in [9.17, 15) is 14.4 Å². The van der Waals surface area contributed by atoms with Crippen LogP contribution < -0.4 is 10.1 Å². The van der Waals surface area contributed by atoms with Gasteiger partial charge in [0, 0.05) is 13.1 Å². The van der Waals surface area contributed by atoms with Gasteiger partial charge in [-0.1, -0.05) is 17.7 Å². The van der Waals surface area contributed by atoms with Crippen molar-refractivity contribution >= 4 is 17.9 Å². The monoisotopic (exact) mass is 320 g/mol. The molecule has 0 saturated carbocycles. The number of rotatable bonds is 5. The molecule has 1 fully saturated rings. The van der Waals surface area contributed by atoms with E-state index in [0.29, 0.717) is 12.3 Å². The van der Waals surface area contributed by atoms with Crippen LogP contribution >= 0.6 is 0 Å². The number of carbonyl (C=O) groups is 3. The number of carbonyl (C=O) groups excluding carboxylic acids is 3. The Hall–Kier alpha value is -2.57. The maximum absolute atomic E-state index is 12.0. The van der Waals surface area contributed by atoms with E-state index in [2.05, 4.69) is 5.32 Å². The van der Waals surface area contributed by atoms with Gasteiger partial charge in [0.2, 0.25) is 0 Å². The number of benzene rings is 1. The molecule has 0 radical (unpaired) electrons. The molecule has 124 valence electrons. The van der Waals surface area contributed by atoms with Crippen molar-refractivity contribution in [2.45, 2.75) is 26.9 Å². The summed E-state index contributed by atoms with van der Waals surface area (Å²) in [6.07, 6.45) is -1.03. The third kappa shape index (κ3) is 4.21. The van der Waals surface area contributed by atoms with Crippen molar-refractivity contribution in [3.8, 4) is 5.75 Å². The van der Waals surface area contributed by atoms with Crippen LogP contribution in [0.2, 0.25) is 0 Å². The van der Waals surface area contributed by atoms with Crippen molar-refractivity contribution in [2.75, 3.05) is 19.7 Å². The van der Waals surface area contributed by atoms with Crippen LogP contribution in [0.25, 0.3) is 0 Å². The average Bonchev–Trinajstić information content (AvgIpc) is 2.91. The Morgan fingerprint density at radius 2 is 2.09 bits per heavy atom. The number of nitrogens with zero attached hydrogens (tertiary/aromatic N) is 1. The predicted octanol–water partition coefficient (Wildman–Crippen LogP) is 1.17. The van der Waals surface area contributed by atoms with Gasteiger partial charge in [0.05, 0.1) is 0 Å². The molecule has 2 rings (SSSR count). The van der Waals surface area contributed by atoms with Gasteiger partial charge in [-0.15, -0.1) is 0 Å². The number of hydrogen-bond acceptors (Lipinski definition) is 5. The maximum Gasteiger partial charge on any atom is 0.344 e. The van der Waals surface area contributed by atoms with Crippen molar-refractivity contribution in [1.82, 2.24) is 10.2 Å². The minimum Gasteiger partial charge on any atom is -0.482 e. The van der Waals surface area contributed by atoms with Gasteiger partial charge in [-0.2, -0.15) is 0 Å². The first-order chi connectivity index (χ1) is 10.9. The largest absolute Gasteiger partial charge is 0.482 e. The van der Waals surface area contributed by atoms with Crippen molar-refractivity contribution < 1.29 is 23.9 Å². The molecule has 1 aromatic carbocycles. The molecule has 0 bridgehead atoms. The second-order valence-electron chi connectivity index (χ2n) is 5.41. The quantitative estimate of drug-likeness (QED) is 0.823. The molecule has 1 saturated heterocycles. The maximum atomic E-state index is 12.0. The standard InChI is InChI=1S/C16H20N2O5/c1-10-4-5-13(11(2)8-10)22-9-14(19)23-12(3)15(20)18-7-6-17-16(18)21/h4-5,8,12H,6-7,9H2,1-3H3,(H,17,21)/t12-/m0/s1. The van der Waals surface area contributed by atoms with E-state index in [4.69, 9.17) is 9.47 Å². The summed E-state index contributed by atoms with van der Waals surface area (Å²) in [6.45, 7) is 5.66. The highest BCUT2D eigenvalue weighted by atomic mass is 16.6. The molecule has 0 spiro atoms. The van der Waals surface area contributed by atoms with E-state index < -0.39 is 24.0 Å². The number of imide groups is 1. The number of ether oxygens (including phenoxy) is 2. The second-order valence-corrected chi connectivity index (χ2v) is 5.41. The number of urea groups is 1. The van der Waals surface area contributed by atoms with E-state index >= 15 is 0 Å². The van der Waals surface area contributed by atoms with E-state index in [-0.39, 0.29) is 13.2 Å². The fraction of sp³-hybridized carbons (Fsp3) is 0.438. The predicted molar refractivity (Wildman–Crippen MR) is 82.1 cm³/mol. The third-order valence-electron chi connectivity index (χ3n) is 3.45. The van der Waals surface area contributed by atoms with Crippen molar-refractivity contribution in [2.24, 2.45) is 0 Å². The van der Waals surface area contributed by atoms with Crippen molar-refractivity contribution in [3.63, 3.8) is 0 Å². The molecule has 0 aromatic heterocycles. The Morgan fingerprint density at radius 3 is 2.70 bits per heavy atom. The molecule has 1 aliphatic rings.